The zero-order chi connectivity index (χ0) is 13.2. The molecule has 3 rings (SSSR count). The van der Waals surface area contributed by atoms with Crippen molar-refractivity contribution in [3.05, 3.63) is 42.0 Å². The summed E-state index contributed by atoms with van der Waals surface area (Å²) in [4.78, 5) is 2.58. The molecular weight excluding hydrogens is 236 g/mol. The maximum atomic E-state index is 4.37. The van der Waals surface area contributed by atoms with E-state index < -0.39 is 0 Å². The van der Waals surface area contributed by atoms with Crippen LogP contribution in [0.4, 0.5) is 0 Å². The van der Waals surface area contributed by atoms with E-state index in [1.165, 1.54) is 11.3 Å². The molecule has 0 saturated heterocycles. The quantitative estimate of drug-likeness (QED) is 0.842. The zero-order valence-corrected chi connectivity index (χ0v) is 11.8. The SMILES string of the molecule is CC[C@@H]1c2cccn2CCN1Cc1cnn(CC)c1. The van der Waals surface area contributed by atoms with Crippen molar-refractivity contribution < 1.29 is 0 Å². The Labute approximate surface area is 114 Å². The van der Waals surface area contributed by atoms with Crippen LogP contribution in [0.5, 0.6) is 0 Å². The van der Waals surface area contributed by atoms with Gasteiger partial charge in [0.1, 0.15) is 0 Å². The minimum Gasteiger partial charge on any atom is -0.349 e. The molecule has 3 heterocycles. The minimum absolute atomic E-state index is 0.536. The van der Waals surface area contributed by atoms with Gasteiger partial charge in [-0.1, -0.05) is 6.92 Å². The highest BCUT2D eigenvalue weighted by Crippen LogP contribution is 2.29. The molecule has 0 bridgehead atoms. The Bertz CT molecular complexity index is 540. The van der Waals surface area contributed by atoms with Crippen molar-refractivity contribution in [2.24, 2.45) is 0 Å². The Balaban J connectivity index is 1.78. The fourth-order valence-corrected chi connectivity index (χ4v) is 3.06. The number of hydrogen-bond donors (Lipinski definition) is 0. The van der Waals surface area contributed by atoms with E-state index in [0.29, 0.717) is 6.04 Å². The highest BCUT2D eigenvalue weighted by molar-refractivity contribution is 5.15. The van der Waals surface area contributed by atoms with Crippen molar-refractivity contribution in [1.29, 1.82) is 0 Å². The summed E-state index contributed by atoms with van der Waals surface area (Å²) < 4.78 is 4.39. The van der Waals surface area contributed by atoms with Gasteiger partial charge in [-0.05, 0) is 25.5 Å². The lowest BCUT2D eigenvalue weighted by Gasteiger charge is -2.36. The molecule has 1 atom stereocenters. The maximum absolute atomic E-state index is 4.37. The van der Waals surface area contributed by atoms with E-state index in [1.54, 1.807) is 0 Å². The van der Waals surface area contributed by atoms with Crippen LogP contribution in [-0.4, -0.2) is 25.8 Å². The van der Waals surface area contributed by atoms with E-state index >= 15 is 0 Å². The van der Waals surface area contributed by atoms with E-state index in [2.05, 4.69) is 52.9 Å². The molecule has 4 nitrogen and oxygen atoms in total. The Morgan fingerprint density at radius 3 is 2.95 bits per heavy atom. The fourth-order valence-electron chi connectivity index (χ4n) is 3.06. The second-order valence-electron chi connectivity index (χ2n) is 5.23. The highest BCUT2D eigenvalue weighted by atomic mass is 15.3. The average molecular weight is 258 g/mol. The van der Waals surface area contributed by atoms with Gasteiger partial charge in [0.2, 0.25) is 0 Å². The van der Waals surface area contributed by atoms with Gasteiger partial charge in [-0.2, -0.15) is 5.10 Å². The van der Waals surface area contributed by atoms with Crippen molar-refractivity contribution in [3.8, 4) is 0 Å². The van der Waals surface area contributed by atoms with Crippen LogP contribution in [0.25, 0.3) is 0 Å². The average Bonchev–Trinajstić information content (AvgIpc) is 3.06. The highest BCUT2D eigenvalue weighted by Gasteiger charge is 2.25. The molecule has 0 unspecified atom stereocenters. The van der Waals surface area contributed by atoms with Gasteiger partial charge in [0.05, 0.1) is 12.2 Å². The fraction of sp³-hybridized carbons (Fsp3) is 0.533. The normalized spacial score (nSPS) is 19.6. The van der Waals surface area contributed by atoms with Crippen LogP contribution in [0, 0.1) is 0 Å². The van der Waals surface area contributed by atoms with Crippen LogP contribution < -0.4 is 0 Å². The van der Waals surface area contributed by atoms with E-state index in [9.17, 15) is 0 Å². The minimum atomic E-state index is 0.536. The smallest absolute Gasteiger partial charge is 0.0534 e. The van der Waals surface area contributed by atoms with E-state index in [1.807, 2.05) is 10.9 Å². The lowest BCUT2D eigenvalue weighted by Crippen LogP contribution is -2.36. The van der Waals surface area contributed by atoms with E-state index in [0.717, 1.165) is 32.6 Å². The Hall–Kier alpha value is -1.55. The van der Waals surface area contributed by atoms with Gasteiger partial charge in [0.15, 0.2) is 0 Å². The second-order valence-corrected chi connectivity index (χ2v) is 5.23. The van der Waals surface area contributed by atoms with Crippen LogP contribution >= 0.6 is 0 Å². The maximum Gasteiger partial charge on any atom is 0.0534 e. The monoisotopic (exact) mass is 258 g/mol. The van der Waals surface area contributed by atoms with Crippen LogP contribution in [0.2, 0.25) is 0 Å². The number of nitrogens with zero attached hydrogens (tertiary/aromatic N) is 4. The summed E-state index contributed by atoms with van der Waals surface area (Å²) in [6, 6.07) is 4.96. The van der Waals surface area contributed by atoms with Gasteiger partial charge >= 0.3 is 0 Å². The third-order valence-corrected chi connectivity index (χ3v) is 4.06. The first-order chi connectivity index (χ1) is 9.31. The zero-order valence-electron chi connectivity index (χ0n) is 11.8. The number of aryl methyl sites for hydroxylation is 1. The summed E-state index contributed by atoms with van der Waals surface area (Å²) in [5.74, 6) is 0. The molecule has 0 radical (unpaired) electrons. The number of fused-ring (bicyclic) bond motifs is 1. The Kier molecular flexibility index (Phi) is 3.42. The molecule has 0 aliphatic carbocycles. The third-order valence-electron chi connectivity index (χ3n) is 4.06. The molecule has 19 heavy (non-hydrogen) atoms. The molecular formula is C15H22N4. The molecule has 4 heteroatoms. The molecule has 1 aliphatic heterocycles. The number of rotatable bonds is 4. The summed E-state index contributed by atoms with van der Waals surface area (Å²) in [5.41, 5.74) is 2.77. The molecule has 0 aromatic carbocycles. The first-order valence-electron chi connectivity index (χ1n) is 7.22. The molecule has 0 N–H and O–H groups in total. The molecule has 0 spiro atoms. The second kappa shape index (κ2) is 5.21. The summed E-state index contributed by atoms with van der Waals surface area (Å²) in [6.07, 6.45) is 7.53. The van der Waals surface area contributed by atoms with Crippen LogP contribution in [0.15, 0.2) is 30.7 Å². The van der Waals surface area contributed by atoms with Gasteiger partial charge in [0, 0.05) is 49.8 Å². The Morgan fingerprint density at radius 2 is 2.21 bits per heavy atom. The number of hydrogen-bond acceptors (Lipinski definition) is 2. The standard InChI is InChI=1S/C15H22N4/c1-3-14-15-6-5-7-17(15)8-9-18(14)11-13-10-16-19(4-2)12-13/h5-7,10,12,14H,3-4,8-9,11H2,1-2H3/t14-/m1/s1. The Morgan fingerprint density at radius 1 is 1.32 bits per heavy atom. The van der Waals surface area contributed by atoms with Gasteiger partial charge < -0.3 is 4.57 Å². The van der Waals surface area contributed by atoms with Crippen molar-refractivity contribution >= 4 is 0 Å². The van der Waals surface area contributed by atoms with Crippen molar-refractivity contribution in [1.82, 2.24) is 19.2 Å². The first kappa shape index (κ1) is 12.5. The summed E-state index contributed by atoms with van der Waals surface area (Å²) in [6.45, 7) is 8.57. The predicted octanol–water partition coefficient (Wildman–Crippen LogP) is 2.67. The van der Waals surface area contributed by atoms with Crippen molar-refractivity contribution in [2.75, 3.05) is 6.54 Å². The summed E-state index contributed by atoms with van der Waals surface area (Å²) in [5, 5.41) is 4.37. The lowest BCUT2D eigenvalue weighted by molar-refractivity contribution is 0.144. The van der Waals surface area contributed by atoms with E-state index in [-0.39, 0.29) is 0 Å². The molecule has 2 aromatic heterocycles. The van der Waals surface area contributed by atoms with Gasteiger partial charge in [-0.15, -0.1) is 0 Å². The summed E-state index contributed by atoms with van der Waals surface area (Å²) in [7, 11) is 0. The largest absolute Gasteiger partial charge is 0.349 e. The van der Waals surface area contributed by atoms with E-state index in [4.69, 9.17) is 0 Å². The molecule has 2 aromatic rings. The van der Waals surface area contributed by atoms with Gasteiger partial charge in [0.25, 0.3) is 0 Å². The summed E-state index contributed by atoms with van der Waals surface area (Å²) >= 11 is 0. The molecule has 0 amide bonds. The first-order valence-corrected chi connectivity index (χ1v) is 7.22. The van der Waals surface area contributed by atoms with Gasteiger partial charge in [-0.25, -0.2) is 0 Å². The van der Waals surface area contributed by atoms with Crippen LogP contribution in [-0.2, 0) is 19.6 Å². The number of aromatic nitrogens is 3. The third kappa shape index (κ3) is 2.32. The molecule has 102 valence electrons. The van der Waals surface area contributed by atoms with Crippen LogP contribution in [0.1, 0.15) is 37.6 Å². The topological polar surface area (TPSA) is 26.0 Å². The predicted molar refractivity (Wildman–Crippen MR) is 75.8 cm³/mol. The molecule has 0 saturated carbocycles. The van der Waals surface area contributed by atoms with Crippen LogP contribution in [0.3, 0.4) is 0 Å². The van der Waals surface area contributed by atoms with Gasteiger partial charge in [-0.3, -0.25) is 9.58 Å². The van der Waals surface area contributed by atoms with Crippen molar-refractivity contribution in [2.45, 2.75) is 45.9 Å². The molecule has 1 aliphatic rings. The van der Waals surface area contributed by atoms with Crippen molar-refractivity contribution in [3.63, 3.8) is 0 Å². The lowest BCUT2D eigenvalue weighted by atomic mass is 10.1. The molecule has 0 fully saturated rings.